The Morgan fingerprint density at radius 1 is 1.30 bits per heavy atom. The lowest BCUT2D eigenvalue weighted by Gasteiger charge is -2.42. The number of carbonyl (C=O) groups is 1. The molecule has 30 heavy (non-hydrogen) atoms. The zero-order chi connectivity index (χ0) is 21.3. The van der Waals surface area contributed by atoms with Gasteiger partial charge in [0.05, 0.1) is 17.4 Å². The van der Waals surface area contributed by atoms with Crippen LogP contribution in [0, 0.1) is 0 Å². The number of amides is 1. The fourth-order valence-electron chi connectivity index (χ4n) is 3.60. The molecule has 1 aliphatic rings. The molecule has 4 rings (SSSR count). The molecule has 0 aliphatic carbocycles. The minimum Gasteiger partial charge on any atom is -0.486 e. The number of pyridine rings is 3. The van der Waals surface area contributed by atoms with E-state index in [1.54, 1.807) is 25.4 Å². The molecular weight excluding hydrogens is 382 g/mol. The summed E-state index contributed by atoms with van der Waals surface area (Å²) in [6, 6.07) is 7.38. The summed E-state index contributed by atoms with van der Waals surface area (Å²) in [4.78, 5) is 37.6. The molecule has 0 saturated carbocycles. The van der Waals surface area contributed by atoms with Crippen LogP contribution in [0.15, 0.2) is 41.5 Å². The first-order valence-electron chi connectivity index (χ1n) is 10.1. The summed E-state index contributed by atoms with van der Waals surface area (Å²) in [6.07, 6.45) is 4.15. The number of fused-ring (bicyclic) bond motifs is 1. The first kappa shape index (κ1) is 20.0. The molecule has 1 aliphatic heterocycles. The number of nitrogens with zero attached hydrogens (tertiary/aromatic N) is 3. The average Bonchev–Trinajstić information content (AvgIpc) is 2.74. The number of rotatable bonds is 6. The molecule has 0 spiro atoms. The highest BCUT2D eigenvalue weighted by atomic mass is 16.5. The number of aromatic amines is 1. The Hall–Kier alpha value is -3.26. The fraction of sp³-hybridized carbons (Fsp3) is 0.364. The van der Waals surface area contributed by atoms with Gasteiger partial charge in [0, 0.05) is 43.3 Å². The van der Waals surface area contributed by atoms with Gasteiger partial charge in [-0.25, -0.2) is 4.98 Å². The maximum Gasteiger partial charge on any atom is 0.269 e. The van der Waals surface area contributed by atoms with E-state index in [1.807, 2.05) is 25.3 Å². The number of likely N-dealkylation sites (tertiary alicyclic amines) is 1. The second kappa shape index (κ2) is 8.23. The molecular formula is C22H25N5O3. The fourth-order valence-corrected chi connectivity index (χ4v) is 3.60. The van der Waals surface area contributed by atoms with Gasteiger partial charge in [0.25, 0.3) is 11.5 Å². The van der Waals surface area contributed by atoms with E-state index in [0.717, 1.165) is 35.2 Å². The van der Waals surface area contributed by atoms with Crippen LogP contribution in [0.4, 0.5) is 0 Å². The molecule has 0 radical (unpaired) electrons. The predicted octanol–water partition coefficient (Wildman–Crippen LogP) is 2.06. The molecule has 1 amide bonds. The topological polar surface area (TPSA) is 100 Å². The molecule has 156 valence electrons. The maximum atomic E-state index is 12.1. The van der Waals surface area contributed by atoms with Gasteiger partial charge in [-0.05, 0) is 37.6 Å². The average molecular weight is 407 g/mol. The third-order valence-electron chi connectivity index (χ3n) is 5.56. The minimum absolute atomic E-state index is 0.0386. The Morgan fingerprint density at radius 3 is 2.77 bits per heavy atom. The van der Waals surface area contributed by atoms with Crippen molar-refractivity contribution in [3.05, 3.63) is 64.0 Å². The zero-order valence-corrected chi connectivity index (χ0v) is 17.3. The van der Waals surface area contributed by atoms with Crippen molar-refractivity contribution in [1.29, 1.82) is 0 Å². The van der Waals surface area contributed by atoms with E-state index >= 15 is 0 Å². The van der Waals surface area contributed by atoms with Crippen LogP contribution in [0.5, 0.6) is 5.75 Å². The van der Waals surface area contributed by atoms with Crippen LogP contribution in [0.25, 0.3) is 10.9 Å². The van der Waals surface area contributed by atoms with Crippen molar-refractivity contribution in [3.63, 3.8) is 0 Å². The van der Waals surface area contributed by atoms with Gasteiger partial charge in [-0.3, -0.25) is 19.5 Å². The third-order valence-corrected chi connectivity index (χ3v) is 5.56. The van der Waals surface area contributed by atoms with Gasteiger partial charge in [0.1, 0.15) is 17.5 Å². The molecule has 0 aromatic carbocycles. The monoisotopic (exact) mass is 407 g/mol. The normalized spacial score (nSPS) is 15.6. The highest BCUT2D eigenvalue weighted by Gasteiger charge is 2.33. The number of carbonyl (C=O) groups excluding carboxylic acids is 1. The molecule has 4 heterocycles. The van der Waals surface area contributed by atoms with E-state index in [1.165, 1.54) is 0 Å². The smallest absolute Gasteiger partial charge is 0.269 e. The Kier molecular flexibility index (Phi) is 5.50. The van der Waals surface area contributed by atoms with Gasteiger partial charge in [-0.15, -0.1) is 0 Å². The largest absolute Gasteiger partial charge is 0.486 e. The Bertz CT molecular complexity index is 1120. The van der Waals surface area contributed by atoms with Crippen LogP contribution in [-0.2, 0) is 6.42 Å². The van der Waals surface area contributed by atoms with Crippen LogP contribution in [-0.4, -0.2) is 52.0 Å². The van der Waals surface area contributed by atoms with Gasteiger partial charge in [0.15, 0.2) is 0 Å². The van der Waals surface area contributed by atoms with Crippen LogP contribution in [0.2, 0.25) is 0 Å². The summed E-state index contributed by atoms with van der Waals surface area (Å²) in [6.45, 7) is 5.60. The van der Waals surface area contributed by atoms with E-state index in [9.17, 15) is 9.59 Å². The molecule has 0 bridgehead atoms. The van der Waals surface area contributed by atoms with E-state index in [0.29, 0.717) is 17.9 Å². The highest BCUT2D eigenvalue weighted by Crippen LogP contribution is 2.27. The van der Waals surface area contributed by atoms with Crippen LogP contribution in [0.3, 0.4) is 0 Å². The minimum atomic E-state index is -0.222. The Labute approximate surface area is 174 Å². The van der Waals surface area contributed by atoms with Gasteiger partial charge < -0.3 is 15.0 Å². The van der Waals surface area contributed by atoms with E-state index in [-0.39, 0.29) is 23.6 Å². The van der Waals surface area contributed by atoms with Crippen LogP contribution < -0.4 is 15.6 Å². The van der Waals surface area contributed by atoms with Crippen molar-refractivity contribution in [2.24, 2.45) is 0 Å². The highest BCUT2D eigenvalue weighted by molar-refractivity contribution is 5.92. The van der Waals surface area contributed by atoms with E-state index in [4.69, 9.17) is 4.74 Å². The van der Waals surface area contributed by atoms with Crippen LogP contribution >= 0.6 is 0 Å². The number of aromatic nitrogens is 3. The second-order valence-corrected chi connectivity index (χ2v) is 7.50. The summed E-state index contributed by atoms with van der Waals surface area (Å²) in [5, 5.41) is 3.49. The molecule has 1 saturated heterocycles. The Morgan fingerprint density at radius 2 is 2.10 bits per heavy atom. The number of nitrogens with one attached hydrogen (secondary N) is 2. The van der Waals surface area contributed by atoms with Crippen LogP contribution in [0.1, 0.15) is 41.6 Å². The summed E-state index contributed by atoms with van der Waals surface area (Å²) >= 11 is 0. The summed E-state index contributed by atoms with van der Waals surface area (Å²) < 4.78 is 5.94. The van der Waals surface area contributed by atoms with Crippen molar-refractivity contribution in [1.82, 2.24) is 25.2 Å². The molecule has 0 unspecified atom stereocenters. The first-order chi connectivity index (χ1) is 14.5. The van der Waals surface area contributed by atoms with Gasteiger partial charge in [-0.1, -0.05) is 6.92 Å². The van der Waals surface area contributed by atoms with Crippen molar-refractivity contribution in [3.8, 4) is 5.75 Å². The lowest BCUT2D eigenvalue weighted by Crippen LogP contribution is -2.54. The molecule has 3 aromatic rings. The van der Waals surface area contributed by atoms with Crippen molar-refractivity contribution in [2.75, 3.05) is 20.1 Å². The molecule has 8 nitrogen and oxygen atoms in total. The van der Waals surface area contributed by atoms with E-state index in [2.05, 4.69) is 32.1 Å². The number of hydrogen-bond donors (Lipinski definition) is 2. The lowest BCUT2D eigenvalue weighted by atomic mass is 10.0. The van der Waals surface area contributed by atoms with Crippen molar-refractivity contribution >= 4 is 16.8 Å². The third kappa shape index (κ3) is 3.91. The number of ether oxygens (including phenoxy) is 1. The van der Waals surface area contributed by atoms with Gasteiger partial charge in [0.2, 0.25) is 0 Å². The standard InChI is InChI=1S/C22H25N5O3/c1-4-14-7-15-9-24-19(8-20(15)26-21(14)28)13(2)27-11-17(12-27)30-16-5-6-18(25-10-16)22(29)23-3/h5-10,13,17H,4,11-12H2,1-3H3,(H,23,29)(H,26,28)/t13-/m1/s1. The number of hydrogen-bond acceptors (Lipinski definition) is 6. The second-order valence-electron chi connectivity index (χ2n) is 7.50. The van der Waals surface area contributed by atoms with Crippen molar-refractivity contribution in [2.45, 2.75) is 32.4 Å². The summed E-state index contributed by atoms with van der Waals surface area (Å²) in [7, 11) is 1.57. The molecule has 3 aromatic heterocycles. The molecule has 1 fully saturated rings. The van der Waals surface area contributed by atoms with Gasteiger partial charge >= 0.3 is 0 Å². The molecule has 8 heteroatoms. The summed E-state index contributed by atoms with van der Waals surface area (Å²) in [5.41, 5.74) is 2.82. The number of aryl methyl sites for hydroxylation is 1. The maximum absolute atomic E-state index is 12.1. The molecule has 1 atom stereocenters. The zero-order valence-electron chi connectivity index (χ0n) is 17.3. The first-order valence-corrected chi connectivity index (χ1v) is 10.1. The number of H-pyrrole nitrogens is 1. The van der Waals surface area contributed by atoms with Gasteiger partial charge in [-0.2, -0.15) is 0 Å². The van der Waals surface area contributed by atoms with Crippen molar-refractivity contribution < 1.29 is 9.53 Å². The Balaban J connectivity index is 1.38. The summed E-state index contributed by atoms with van der Waals surface area (Å²) in [5.74, 6) is 0.424. The SMILES string of the molecule is CCc1cc2cnc([C@@H](C)N3CC(Oc4ccc(C(=O)NC)nc4)C3)cc2[nH]c1=O. The molecule has 2 N–H and O–H groups in total. The predicted molar refractivity (Wildman–Crippen MR) is 114 cm³/mol. The quantitative estimate of drug-likeness (QED) is 0.649. The van der Waals surface area contributed by atoms with E-state index < -0.39 is 0 Å². The lowest BCUT2D eigenvalue weighted by molar-refractivity contribution is -0.00639.